The number of hydrogen-bond acceptors (Lipinski definition) is 4. The number of carbonyl (C=O) groups is 1. The quantitative estimate of drug-likeness (QED) is 0.836. The average Bonchev–Trinajstić information content (AvgIpc) is 3.27. The highest BCUT2D eigenvalue weighted by Crippen LogP contribution is 2.40. The number of fused-ring (bicyclic) bond motifs is 1. The molecule has 1 aliphatic heterocycles. The van der Waals surface area contributed by atoms with Crippen LogP contribution in [0.15, 0.2) is 16.5 Å². The van der Waals surface area contributed by atoms with Crippen molar-refractivity contribution in [2.75, 3.05) is 20.1 Å². The largest absolute Gasteiger partial charge is 0.464 e. The molecule has 0 N–H and O–H groups in total. The number of aromatic nitrogens is 2. The molecule has 3 heterocycles. The number of nitrogens with zero attached hydrogens (tertiary/aromatic N) is 4. The fraction of sp³-hybridized carbons (Fsp3) is 0.579. The van der Waals surface area contributed by atoms with E-state index in [-0.39, 0.29) is 5.91 Å². The topological polar surface area (TPSA) is 54.5 Å². The Kier molecular flexibility index (Phi) is 4.15. The Morgan fingerprint density at radius 1 is 1.40 bits per heavy atom. The molecule has 1 amide bonds. The molecule has 6 heteroatoms. The highest BCUT2D eigenvalue weighted by atomic mass is 16.3. The third-order valence-corrected chi connectivity index (χ3v) is 5.29. The highest BCUT2D eigenvalue weighted by molar-refractivity contribution is 5.78. The number of imidazole rings is 1. The zero-order valence-electron chi connectivity index (χ0n) is 15.3. The van der Waals surface area contributed by atoms with Gasteiger partial charge in [0.2, 0.25) is 5.91 Å². The summed E-state index contributed by atoms with van der Waals surface area (Å²) in [7, 11) is 3.97. The van der Waals surface area contributed by atoms with Gasteiger partial charge < -0.3 is 13.9 Å². The maximum atomic E-state index is 12.5. The van der Waals surface area contributed by atoms with Crippen molar-refractivity contribution in [3.8, 4) is 0 Å². The van der Waals surface area contributed by atoms with Crippen molar-refractivity contribution < 1.29 is 9.21 Å². The van der Waals surface area contributed by atoms with E-state index in [1.54, 1.807) is 4.90 Å². The molecule has 6 nitrogen and oxygen atoms in total. The second-order valence-corrected chi connectivity index (χ2v) is 7.42. The fourth-order valence-electron chi connectivity index (χ4n) is 3.65. The summed E-state index contributed by atoms with van der Waals surface area (Å²) in [5.74, 6) is 3.72. The van der Waals surface area contributed by atoms with E-state index in [2.05, 4.69) is 16.5 Å². The molecule has 2 aliphatic rings. The smallest absolute Gasteiger partial charge is 0.236 e. The van der Waals surface area contributed by atoms with Crippen molar-refractivity contribution in [3.05, 3.63) is 40.9 Å². The predicted molar refractivity (Wildman–Crippen MR) is 94.1 cm³/mol. The minimum absolute atomic E-state index is 0.121. The Morgan fingerprint density at radius 3 is 2.88 bits per heavy atom. The summed E-state index contributed by atoms with van der Waals surface area (Å²) in [4.78, 5) is 21.4. The minimum Gasteiger partial charge on any atom is -0.464 e. The van der Waals surface area contributed by atoms with Gasteiger partial charge in [0.05, 0.1) is 18.8 Å². The summed E-state index contributed by atoms with van der Waals surface area (Å²) in [6, 6.07) is 3.86. The molecule has 0 spiro atoms. The highest BCUT2D eigenvalue weighted by Gasteiger charge is 2.32. The molecule has 0 bridgehead atoms. The summed E-state index contributed by atoms with van der Waals surface area (Å²) in [6.07, 6.45) is 3.51. The fourth-order valence-corrected chi connectivity index (χ4v) is 3.65. The molecule has 0 radical (unpaired) electrons. The SMILES string of the molecule is Cc1ccc(CN(C)C(=O)CN2CCc3c(nc(C4CC4)n3C)C2)o1. The first-order chi connectivity index (χ1) is 12.0. The number of aryl methyl sites for hydroxylation is 1. The van der Waals surface area contributed by atoms with Crippen LogP contribution in [0, 0.1) is 6.92 Å². The molecule has 0 unspecified atom stereocenters. The lowest BCUT2D eigenvalue weighted by atomic mass is 10.1. The van der Waals surface area contributed by atoms with Gasteiger partial charge in [-0.1, -0.05) is 0 Å². The number of carbonyl (C=O) groups excluding carboxylic acids is 1. The molecular formula is C19H26N4O2. The van der Waals surface area contributed by atoms with Crippen LogP contribution in [0.2, 0.25) is 0 Å². The van der Waals surface area contributed by atoms with E-state index in [1.165, 1.54) is 24.4 Å². The van der Waals surface area contributed by atoms with Crippen molar-refractivity contribution in [2.45, 2.75) is 45.2 Å². The zero-order chi connectivity index (χ0) is 17.6. The first-order valence-electron chi connectivity index (χ1n) is 9.07. The molecule has 2 aromatic rings. The van der Waals surface area contributed by atoms with Crippen LogP contribution in [0.1, 0.15) is 47.5 Å². The maximum Gasteiger partial charge on any atom is 0.236 e. The normalized spacial score (nSPS) is 17.6. The molecule has 134 valence electrons. The van der Waals surface area contributed by atoms with Crippen LogP contribution in [0.5, 0.6) is 0 Å². The molecular weight excluding hydrogens is 316 g/mol. The molecule has 0 atom stereocenters. The third kappa shape index (κ3) is 3.35. The zero-order valence-corrected chi connectivity index (χ0v) is 15.3. The lowest BCUT2D eigenvalue weighted by Gasteiger charge is -2.27. The molecule has 0 aromatic carbocycles. The van der Waals surface area contributed by atoms with Crippen LogP contribution in [0.25, 0.3) is 0 Å². The van der Waals surface area contributed by atoms with Gasteiger partial charge in [-0.15, -0.1) is 0 Å². The van der Waals surface area contributed by atoms with Gasteiger partial charge in [-0.2, -0.15) is 0 Å². The van der Waals surface area contributed by atoms with E-state index < -0.39 is 0 Å². The van der Waals surface area contributed by atoms with Gasteiger partial charge in [0.1, 0.15) is 17.3 Å². The summed E-state index contributed by atoms with van der Waals surface area (Å²) >= 11 is 0. The molecule has 4 rings (SSSR count). The molecule has 1 saturated carbocycles. The van der Waals surface area contributed by atoms with Crippen molar-refractivity contribution in [1.82, 2.24) is 19.4 Å². The van der Waals surface area contributed by atoms with Gasteiger partial charge in [-0.05, 0) is 31.9 Å². The van der Waals surface area contributed by atoms with Gasteiger partial charge in [-0.25, -0.2) is 4.98 Å². The van der Waals surface area contributed by atoms with Gasteiger partial charge >= 0.3 is 0 Å². The van der Waals surface area contributed by atoms with Gasteiger partial charge in [0.25, 0.3) is 0 Å². The van der Waals surface area contributed by atoms with E-state index in [0.717, 1.165) is 36.7 Å². The van der Waals surface area contributed by atoms with Crippen molar-refractivity contribution in [3.63, 3.8) is 0 Å². The van der Waals surface area contributed by atoms with E-state index in [0.29, 0.717) is 19.0 Å². The van der Waals surface area contributed by atoms with Crippen LogP contribution < -0.4 is 0 Å². The summed E-state index contributed by atoms with van der Waals surface area (Å²) in [6.45, 7) is 4.55. The van der Waals surface area contributed by atoms with Crippen LogP contribution in [-0.4, -0.2) is 45.4 Å². The Balaban J connectivity index is 1.37. The molecule has 25 heavy (non-hydrogen) atoms. The molecule has 1 aliphatic carbocycles. The standard InChI is InChI=1S/C19H26N4O2/c1-13-4-7-15(25-13)10-21(2)18(24)12-23-9-8-17-16(11-23)20-19(22(17)3)14-5-6-14/h4,7,14H,5-6,8-12H2,1-3H3. The number of hydrogen-bond donors (Lipinski definition) is 0. The second-order valence-electron chi connectivity index (χ2n) is 7.42. The average molecular weight is 342 g/mol. The summed E-state index contributed by atoms with van der Waals surface area (Å²) < 4.78 is 7.85. The van der Waals surface area contributed by atoms with E-state index in [1.807, 2.05) is 26.1 Å². The van der Waals surface area contributed by atoms with Crippen LogP contribution in [0.3, 0.4) is 0 Å². The van der Waals surface area contributed by atoms with Gasteiger partial charge in [-0.3, -0.25) is 9.69 Å². The Hall–Kier alpha value is -2.08. The van der Waals surface area contributed by atoms with Crippen LogP contribution >= 0.6 is 0 Å². The van der Waals surface area contributed by atoms with E-state index in [9.17, 15) is 4.79 Å². The van der Waals surface area contributed by atoms with Crippen molar-refractivity contribution in [1.29, 1.82) is 0 Å². The van der Waals surface area contributed by atoms with E-state index in [4.69, 9.17) is 9.40 Å². The Morgan fingerprint density at radius 2 is 2.20 bits per heavy atom. The van der Waals surface area contributed by atoms with Crippen molar-refractivity contribution >= 4 is 5.91 Å². The number of furan rings is 1. The van der Waals surface area contributed by atoms with Crippen LogP contribution in [0.4, 0.5) is 0 Å². The first-order valence-corrected chi connectivity index (χ1v) is 9.07. The lowest BCUT2D eigenvalue weighted by molar-refractivity contribution is -0.132. The Bertz CT molecular complexity index is 787. The van der Waals surface area contributed by atoms with Gasteiger partial charge in [0, 0.05) is 45.2 Å². The number of amides is 1. The first kappa shape index (κ1) is 16.4. The second kappa shape index (κ2) is 6.33. The van der Waals surface area contributed by atoms with E-state index >= 15 is 0 Å². The maximum absolute atomic E-state index is 12.5. The number of likely N-dealkylation sites (N-methyl/N-ethyl adjacent to an activating group) is 1. The molecule has 0 saturated heterocycles. The molecule has 2 aromatic heterocycles. The van der Waals surface area contributed by atoms with Crippen molar-refractivity contribution in [2.24, 2.45) is 7.05 Å². The minimum atomic E-state index is 0.121. The Labute approximate surface area is 148 Å². The third-order valence-electron chi connectivity index (χ3n) is 5.29. The monoisotopic (exact) mass is 342 g/mol. The number of rotatable bonds is 5. The molecule has 1 fully saturated rings. The van der Waals surface area contributed by atoms with Gasteiger partial charge in [0.15, 0.2) is 0 Å². The summed E-state index contributed by atoms with van der Waals surface area (Å²) in [5.41, 5.74) is 2.51. The predicted octanol–water partition coefficient (Wildman–Crippen LogP) is 2.22. The lowest BCUT2D eigenvalue weighted by Crippen LogP contribution is -2.40. The van der Waals surface area contributed by atoms with Crippen LogP contribution in [-0.2, 0) is 31.4 Å². The summed E-state index contributed by atoms with van der Waals surface area (Å²) in [5, 5.41) is 0.